The van der Waals surface area contributed by atoms with E-state index in [2.05, 4.69) is 4.98 Å². The summed E-state index contributed by atoms with van der Waals surface area (Å²) in [5.74, 6) is -1.77. The van der Waals surface area contributed by atoms with Crippen molar-refractivity contribution < 1.29 is 22.4 Å². The van der Waals surface area contributed by atoms with Gasteiger partial charge < -0.3 is 10.3 Å². The summed E-state index contributed by atoms with van der Waals surface area (Å²) in [5.41, 5.74) is 1.22. The van der Waals surface area contributed by atoms with Gasteiger partial charge in [-0.15, -0.1) is 0 Å². The standard InChI is InChI=1S/C18H13ClF4N2O/c1-9-2-3-10-8-15(24-14(10)6-9)17(26)25-16(18(21,22)23)11-4-5-13(20)12(19)7-11/h2-8,16,24H,1H3,(H,25,26). The van der Waals surface area contributed by atoms with Gasteiger partial charge in [-0.25, -0.2) is 4.39 Å². The lowest BCUT2D eigenvalue weighted by Gasteiger charge is -2.22. The number of carbonyl (C=O) groups excluding carboxylic acids is 1. The Morgan fingerprint density at radius 2 is 1.88 bits per heavy atom. The summed E-state index contributed by atoms with van der Waals surface area (Å²) in [6.07, 6.45) is -4.78. The van der Waals surface area contributed by atoms with Gasteiger partial charge >= 0.3 is 6.18 Å². The van der Waals surface area contributed by atoms with Gasteiger partial charge in [0.05, 0.1) is 5.02 Å². The highest BCUT2D eigenvalue weighted by atomic mass is 35.5. The van der Waals surface area contributed by atoms with Gasteiger partial charge in [-0.2, -0.15) is 13.2 Å². The Labute approximate surface area is 151 Å². The summed E-state index contributed by atoms with van der Waals surface area (Å²) in [6.45, 7) is 1.86. The van der Waals surface area contributed by atoms with E-state index in [0.29, 0.717) is 10.9 Å². The van der Waals surface area contributed by atoms with Gasteiger partial charge in [-0.3, -0.25) is 4.79 Å². The lowest BCUT2D eigenvalue weighted by Crippen LogP contribution is -2.38. The van der Waals surface area contributed by atoms with Gasteiger partial charge in [0.1, 0.15) is 11.5 Å². The summed E-state index contributed by atoms with van der Waals surface area (Å²) in [6, 6.07) is 7.14. The third-order valence-corrected chi connectivity index (χ3v) is 4.19. The van der Waals surface area contributed by atoms with Crippen LogP contribution in [0.5, 0.6) is 0 Å². The topological polar surface area (TPSA) is 44.9 Å². The fraction of sp³-hybridized carbons (Fsp3) is 0.167. The maximum absolute atomic E-state index is 13.4. The van der Waals surface area contributed by atoms with Crippen LogP contribution in [-0.2, 0) is 0 Å². The molecule has 0 fully saturated rings. The van der Waals surface area contributed by atoms with Gasteiger partial charge in [-0.05, 0) is 42.3 Å². The fourth-order valence-corrected chi connectivity index (χ4v) is 2.81. The fourth-order valence-electron chi connectivity index (χ4n) is 2.62. The molecule has 2 aromatic carbocycles. The van der Waals surface area contributed by atoms with Gasteiger partial charge in [0.25, 0.3) is 5.91 Å². The maximum Gasteiger partial charge on any atom is 0.412 e. The first kappa shape index (κ1) is 18.3. The van der Waals surface area contributed by atoms with E-state index in [-0.39, 0.29) is 11.3 Å². The number of aromatic nitrogens is 1. The first-order chi connectivity index (χ1) is 12.1. The van der Waals surface area contributed by atoms with Crippen LogP contribution in [0.4, 0.5) is 17.6 Å². The summed E-state index contributed by atoms with van der Waals surface area (Å²) in [7, 11) is 0. The van der Waals surface area contributed by atoms with Crippen LogP contribution in [0.1, 0.15) is 27.7 Å². The monoisotopic (exact) mass is 384 g/mol. The number of rotatable bonds is 3. The largest absolute Gasteiger partial charge is 0.412 e. The van der Waals surface area contributed by atoms with Gasteiger partial charge in [-0.1, -0.05) is 29.8 Å². The number of aromatic amines is 1. The summed E-state index contributed by atoms with van der Waals surface area (Å²) >= 11 is 5.57. The molecule has 3 nitrogen and oxygen atoms in total. The second-order valence-electron chi connectivity index (χ2n) is 5.90. The Morgan fingerprint density at radius 3 is 2.54 bits per heavy atom. The second-order valence-corrected chi connectivity index (χ2v) is 6.30. The molecular formula is C18H13ClF4N2O. The second kappa shape index (κ2) is 6.64. The third kappa shape index (κ3) is 3.67. The molecule has 0 bridgehead atoms. The van der Waals surface area contributed by atoms with E-state index < -0.39 is 29.0 Å². The number of hydrogen-bond acceptors (Lipinski definition) is 1. The SMILES string of the molecule is Cc1ccc2cc(C(=O)NC(c3ccc(F)c(Cl)c3)C(F)(F)F)[nH]c2c1. The van der Waals surface area contributed by atoms with Crippen LogP contribution >= 0.6 is 11.6 Å². The van der Waals surface area contributed by atoms with Crippen LogP contribution in [0, 0.1) is 12.7 Å². The Hall–Kier alpha value is -2.54. The predicted molar refractivity (Wildman–Crippen MR) is 90.7 cm³/mol. The molecule has 1 unspecified atom stereocenters. The van der Waals surface area contributed by atoms with E-state index in [1.165, 1.54) is 6.07 Å². The van der Waals surface area contributed by atoms with Crippen molar-refractivity contribution in [1.82, 2.24) is 10.3 Å². The van der Waals surface area contributed by atoms with Crippen LogP contribution in [0.3, 0.4) is 0 Å². The highest BCUT2D eigenvalue weighted by Gasteiger charge is 2.42. The number of hydrogen-bond donors (Lipinski definition) is 2. The number of benzene rings is 2. The number of carbonyl (C=O) groups is 1. The van der Waals surface area contributed by atoms with Crippen molar-refractivity contribution in [3.8, 4) is 0 Å². The molecule has 0 radical (unpaired) electrons. The summed E-state index contributed by atoms with van der Waals surface area (Å²) in [5, 5.41) is 2.19. The molecule has 3 rings (SSSR count). The molecule has 0 saturated carbocycles. The smallest absolute Gasteiger partial charge is 0.351 e. The quantitative estimate of drug-likeness (QED) is 0.591. The molecule has 3 aromatic rings. The zero-order valence-corrected chi connectivity index (χ0v) is 14.2. The van der Waals surface area contributed by atoms with Gasteiger partial charge in [0.2, 0.25) is 0 Å². The molecule has 26 heavy (non-hydrogen) atoms. The lowest BCUT2D eigenvalue weighted by atomic mass is 10.1. The number of fused-ring (bicyclic) bond motifs is 1. The highest BCUT2D eigenvalue weighted by molar-refractivity contribution is 6.30. The third-order valence-electron chi connectivity index (χ3n) is 3.90. The van der Waals surface area contributed by atoms with Crippen LogP contribution in [0.25, 0.3) is 10.9 Å². The first-order valence-electron chi connectivity index (χ1n) is 7.57. The molecule has 8 heteroatoms. The summed E-state index contributed by atoms with van der Waals surface area (Å²) < 4.78 is 53.5. The molecule has 1 atom stereocenters. The maximum atomic E-state index is 13.4. The Bertz CT molecular complexity index is 981. The van der Waals surface area contributed by atoms with E-state index in [9.17, 15) is 22.4 Å². The minimum Gasteiger partial charge on any atom is -0.351 e. The Kier molecular flexibility index (Phi) is 4.66. The van der Waals surface area contributed by atoms with Crippen molar-refractivity contribution in [2.45, 2.75) is 19.1 Å². The van der Waals surface area contributed by atoms with E-state index >= 15 is 0 Å². The first-order valence-corrected chi connectivity index (χ1v) is 7.95. The molecular weight excluding hydrogens is 372 g/mol. The molecule has 1 aromatic heterocycles. The van der Waals surface area contributed by atoms with E-state index in [0.717, 1.165) is 23.8 Å². The molecule has 0 saturated heterocycles. The van der Waals surface area contributed by atoms with Crippen molar-refractivity contribution >= 4 is 28.4 Å². The molecule has 1 amide bonds. The van der Waals surface area contributed by atoms with Crippen molar-refractivity contribution in [2.24, 2.45) is 0 Å². The Balaban J connectivity index is 1.92. The number of nitrogens with one attached hydrogen (secondary N) is 2. The van der Waals surface area contributed by atoms with Crippen molar-refractivity contribution in [2.75, 3.05) is 0 Å². The van der Waals surface area contributed by atoms with Crippen LogP contribution in [0.15, 0.2) is 42.5 Å². The van der Waals surface area contributed by atoms with Crippen molar-refractivity contribution in [3.63, 3.8) is 0 Å². The molecule has 2 N–H and O–H groups in total. The van der Waals surface area contributed by atoms with E-state index in [1.54, 1.807) is 12.1 Å². The van der Waals surface area contributed by atoms with Crippen molar-refractivity contribution in [1.29, 1.82) is 0 Å². The molecule has 1 heterocycles. The number of alkyl halides is 3. The predicted octanol–water partition coefficient (Wildman–Crippen LogP) is 5.30. The van der Waals surface area contributed by atoms with Crippen LogP contribution in [0.2, 0.25) is 5.02 Å². The number of H-pyrrole nitrogens is 1. The number of aryl methyl sites for hydroxylation is 1. The zero-order chi connectivity index (χ0) is 19.1. The van der Waals surface area contributed by atoms with Gasteiger partial charge in [0, 0.05) is 10.9 Å². The van der Waals surface area contributed by atoms with Crippen LogP contribution < -0.4 is 5.32 Å². The van der Waals surface area contributed by atoms with Gasteiger partial charge in [0.15, 0.2) is 6.04 Å². The summed E-state index contributed by atoms with van der Waals surface area (Å²) in [4.78, 5) is 15.1. The van der Waals surface area contributed by atoms with E-state index in [4.69, 9.17) is 11.6 Å². The normalized spacial score (nSPS) is 13.0. The molecule has 0 aliphatic heterocycles. The molecule has 0 aliphatic rings. The number of amides is 1. The lowest BCUT2D eigenvalue weighted by molar-refractivity contribution is -0.155. The van der Waals surface area contributed by atoms with Crippen molar-refractivity contribution in [3.05, 3.63) is 70.1 Å². The Morgan fingerprint density at radius 1 is 1.15 bits per heavy atom. The number of halogens is 5. The molecule has 0 aliphatic carbocycles. The minimum absolute atomic E-state index is 0.00643. The average Bonchev–Trinajstić information content (AvgIpc) is 2.97. The average molecular weight is 385 g/mol. The molecule has 0 spiro atoms. The zero-order valence-electron chi connectivity index (χ0n) is 13.4. The van der Waals surface area contributed by atoms with Crippen LogP contribution in [-0.4, -0.2) is 17.1 Å². The van der Waals surface area contributed by atoms with E-state index in [1.807, 2.05) is 18.3 Å². The molecule has 136 valence electrons. The highest BCUT2D eigenvalue weighted by Crippen LogP contribution is 2.34. The minimum atomic E-state index is -4.78.